The van der Waals surface area contributed by atoms with Crippen molar-refractivity contribution < 1.29 is 9.59 Å². The Bertz CT molecular complexity index is 972. The van der Waals surface area contributed by atoms with Gasteiger partial charge in [0.25, 0.3) is 0 Å². The maximum Gasteiger partial charge on any atom is 0.238 e. The van der Waals surface area contributed by atoms with E-state index in [1.165, 1.54) is 0 Å². The summed E-state index contributed by atoms with van der Waals surface area (Å²) in [4.78, 5) is 27.2. The van der Waals surface area contributed by atoms with Gasteiger partial charge in [-0.05, 0) is 37.2 Å². The first-order chi connectivity index (χ1) is 15.0. The van der Waals surface area contributed by atoms with Crippen LogP contribution < -0.4 is 10.6 Å². The summed E-state index contributed by atoms with van der Waals surface area (Å²) in [5.41, 5.74) is 2.54. The molecule has 0 aliphatic heterocycles. The van der Waals surface area contributed by atoms with Gasteiger partial charge in [-0.3, -0.25) is 14.5 Å². The topological polar surface area (TPSA) is 61.4 Å². The van der Waals surface area contributed by atoms with E-state index in [9.17, 15) is 9.59 Å². The molecule has 2 N–H and O–H groups in total. The molecule has 0 unspecified atom stereocenters. The van der Waals surface area contributed by atoms with Crippen LogP contribution in [0.15, 0.2) is 84.9 Å². The van der Waals surface area contributed by atoms with Crippen LogP contribution in [0.2, 0.25) is 5.02 Å². The van der Waals surface area contributed by atoms with Gasteiger partial charge < -0.3 is 10.6 Å². The lowest BCUT2D eigenvalue weighted by Gasteiger charge is -2.27. The molecule has 0 saturated carbocycles. The molecule has 3 aromatic carbocycles. The van der Waals surface area contributed by atoms with E-state index in [0.717, 1.165) is 11.1 Å². The van der Waals surface area contributed by atoms with Gasteiger partial charge in [0.2, 0.25) is 11.8 Å². The lowest BCUT2D eigenvalue weighted by atomic mass is 9.98. The monoisotopic (exact) mass is 435 g/mol. The third-order valence-corrected chi connectivity index (χ3v) is 5.46. The number of likely N-dealkylation sites (N-methyl/N-ethyl adjacent to an activating group) is 1. The first kappa shape index (κ1) is 22.5. The first-order valence-corrected chi connectivity index (χ1v) is 10.5. The zero-order chi connectivity index (χ0) is 22.2. The van der Waals surface area contributed by atoms with E-state index in [0.29, 0.717) is 10.7 Å². The average Bonchev–Trinajstić information content (AvgIpc) is 2.79. The van der Waals surface area contributed by atoms with E-state index < -0.39 is 6.04 Å². The minimum Gasteiger partial charge on any atom is -0.344 e. The van der Waals surface area contributed by atoms with Crippen LogP contribution in [-0.4, -0.2) is 36.3 Å². The minimum absolute atomic E-state index is 0.0567. The molecule has 3 rings (SSSR count). The number of halogens is 1. The normalized spacial score (nSPS) is 11.9. The molecule has 0 heterocycles. The number of nitrogens with one attached hydrogen (secondary N) is 2. The van der Waals surface area contributed by atoms with Crippen LogP contribution in [0, 0.1) is 0 Å². The molecule has 5 nitrogen and oxygen atoms in total. The molecular formula is C25H26ClN3O2. The molecule has 0 saturated heterocycles. The third-order valence-electron chi connectivity index (χ3n) is 5.13. The Hall–Kier alpha value is -3.15. The second kappa shape index (κ2) is 10.8. The highest BCUT2D eigenvalue weighted by atomic mass is 35.5. The summed E-state index contributed by atoms with van der Waals surface area (Å²) in [5.74, 6) is -0.399. The van der Waals surface area contributed by atoms with Gasteiger partial charge in [-0.2, -0.15) is 0 Å². The van der Waals surface area contributed by atoms with E-state index in [4.69, 9.17) is 11.6 Å². The van der Waals surface area contributed by atoms with Gasteiger partial charge >= 0.3 is 0 Å². The molecule has 160 valence electrons. The lowest BCUT2D eigenvalue weighted by molar-refractivity contribution is -0.127. The van der Waals surface area contributed by atoms with Crippen molar-refractivity contribution in [3.8, 4) is 0 Å². The zero-order valence-corrected chi connectivity index (χ0v) is 18.3. The summed E-state index contributed by atoms with van der Waals surface area (Å²) in [7, 11) is 1.75. The van der Waals surface area contributed by atoms with Gasteiger partial charge in [-0.15, -0.1) is 0 Å². The second-order valence-corrected chi connectivity index (χ2v) is 7.79. The highest BCUT2D eigenvalue weighted by Crippen LogP contribution is 2.22. The molecule has 1 atom stereocenters. The number of hydrogen-bond acceptors (Lipinski definition) is 3. The molecule has 0 fully saturated rings. The molecule has 3 aromatic rings. The van der Waals surface area contributed by atoms with Gasteiger partial charge in [-0.25, -0.2) is 0 Å². The predicted molar refractivity (Wildman–Crippen MR) is 125 cm³/mol. The Kier molecular flexibility index (Phi) is 7.82. The van der Waals surface area contributed by atoms with Crippen LogP contribution in [0.5, 0.6) is 0 Å². The highest BCUT2D eigenvalue weighted by molar-refractivity contribution is 6.33. The number of amides is 2. The largest absolute Gasteiger partial charge is 0.344 e. The summed E-state index contributed by atoms with van der Waals surface area (Å²) < 4.78 is 0. The van der Waals surface area contributed by atoms with Crippen molar-refractivity contribution in [3.63, 3.8) is 0 Å². The number of benzene rings is 3. The van der Waals surface area contributed by atoms with Crippen LogP contribution in [0.3, 0.4) is 0 Å². The van der Waals surface area contributed by atoms with Crippen molar-refractivity contribution in [2.45, 2.75) is 19.0 Å². The van der Waals surface area contributed by atoms with Crippen LogP contribution in [0.1, 0.15) is 24.1 Å². The molecular weight excluding hydrogens is 410 g/mol. The number of anilines is 1. The smallest absolute Gasteiger partial charge is 0.238 e. The van der Waals surface area contributed by atoms with Crippen LogP contribution in [-0.2, 0) is 9.59 Å². The summed E-state index contributed by atoms with van der Waals surface area (Å²) in [6.45, 7) is 1.84. The van der Waals surface area contributed by atoms with Crippen molar-refractivity contribution in [2.75, 3.05) is 18.9 Å². The first-order valence-electron chi connectivity index (χ1n) is 10.1. The Morgan fingerprint density at radius 3 is 1.94 bits per heavy atom. The van der Waals surface area contributed by atoms with Gasteiger partial charge in [-0.1, -0.05) is 84.4 Å². The van der Waals surface area contributed by atoms with Crippen molar-refractivity contribution in [1.82, 2.24) is 10.2 Å². The van der Waals surface area contributed by atoms with Crippen LogP contribution >= 0.6 is 11.6 Å². The Labute approximate surface area is 188 Å². The third kappa shape index (κ3) is 6.17. The lowest BCUT2D eigenvalue weighted by Crippen LogP contribution is -2.47. The van der Waals surface area contributed by atoms with Gasteiger partial charge in [0, 0.05) is 0 Å². The predicted octanol–water partition coefficient (Wildman–Crippen LogP) is 4.50. The van der Waals surface area contributed by atoms with E-state index >= 15 is 0 Å². The highest BCUT2D eigenvalue weighted by Gasteiger charge is 2.24. The molecule has 0 aliphatic carbocycles. The standard InChI is InChI=1S/C25H26ClN3O2/c1-18(29(2)17-23(30)27-22-16-10-9-15-21(22)26)25(31)28-24(19-11-5-3-6-12-19)20-13-7-4-8-14-20/h3-16,18,24H,17H2,1-2H3,(H,27,30)(H,28,31)/t18-/m0/s1. The zero-order valence-electron chi connectivity index (χ0n) is 17.6. The quantitative estimate of drug-likeness (QED) is 0.547. The molecule has 0 aromatic heterocycles. The molecule has 0 spiro atoms. The number of nitrogens with zero attached hydrogens (tertiary/aromatic N) is 1. The fraction of sp³-hybridized carbons (Fsp3) is 0.200. The van der Waals surface area contributed by atoms with Gasteiger partial charge in [0.05, 0.1) is 29.3 Å². The molecule has 0 bridgehead atoms. The SMILES string of the molecule is C[C@@H](C(=O)NC(c1ccccc1)c1ccccc1)N(C)CC(=O)Nc1ccccc1Cl. The fourth-order valence-corrected chi connectivity index (χ4v) is 3.41. The number of carbonyl (C=O) groups is 2. The number of hydrogen-bond donors (Lipinski definition) is 2. The van der Waals surface area contributed by atoms with Gasteiger partial charge in [0.1, 0.15) is 0 Å². The summed E-state index contributed by atoms with van der Waals surface area (Å²) in [5, 5.41) is 6.38. The molecule has 31 heavy (non-hydrogen) atoms. The number of rotatable bonds is 8. The summed E-state index contributed by atoms with van der Waals surface area (Å²) in [6.07, 6.45) is 0. The van der Waals surface area contributed by atoms with Crippen molar-refractivity contribution in [2.24, 2.45) is 0 Å². The van der Waals surface area contributed by atoms with Crippen molar-refractivity contribution >= 4 is 29.1 Å². The molecule has 2 amide bonds. The van der Waals surface area contributed by atoms with Gasteiger partial charge in [0.15, 0.2) is 0 Å². The van der Waals surface area contributed by atoms with Crippen LogP contribution in [0.25, 0.3) is 0 Å². The average molecular weight is 436 g/mol. The minimum atomic E-state index is -0.507. The number of para-hydroxylation sites is 1. The van der Waals surface area contributed by atoms with E-state index in [2.05, 4.69) is 10.6 Å². The maximum absolute atomic E-state index is 13.0. The number of carbonyl (C=O) groups excluding carboxylic acids is 2. The van der Waals surface area contributed by atoms with Crippen LogP contribution in [0.4, 0.5) is 5.69 Å². The molecule has 6 heteroatoms. The maximum atomic E-state index is 13.0. The van der Waals surface area contributed by atoms with Crippen molar-refractivity contribution in [3.05, 3.63) is 101 Å². The summed E-state index contributed by atoms with van der Waals surface area (Å²) in [6, 6.07) is 25.9. The Morgan fingerprint density at radius 1 is 0.871 bits per heavy atom. The molecule has 0 aliphatic rings. The van der Waals surface area contributed by atoms with Crippen molar-refractivity contribution in [1.29, 1.82) is 0 Å². The second-order valence-electron chi connectivity index (χ2n) is 7.38. The fourth-order valence-electron chi connectivity index (χ4n) is 3.23. The van der Waals surface area contributed by atoms with E-state index in [1.807, 2.05) is 60.7 Å². The van der Waals surface area contributed by atoms with E-state index in [-0.39, 0.29) is 24.4 Å². The Balaban J connectivity index is 1.66. The van der Waals surface area contributed by atoms with E-state index in [1.54, 1.807) is 43.1 Å². The molecule has 0 radical (unpaired) electrons. The Morgan fingerprint density at radius 2 is 1.39 bits per heavy atom. The summed E-state index contributed by atoms with van der Waals surface area (Å²) >= 11 is 6.10.